The van der Waals surface area contributed by atoms with Gasteiger partial charge in [-0.05, 0) is 38.8 Å². The molecule has 1 aromatic carbocycles. The van der Waals surface area contributed by atoms with Gasteiger partial charge < -0.3 is 14.6 Å². The van der Waals surface area contributed by atoms with Crippen LogP contribution in [0.4, 0.5) is 9.59 Å². The number of esters is 1. The number of aliphatic hydroxyl groups excluding tert-OH is 1. The fraction of sp³-hybridized carbons (Fsp3) is 0.421. The van der Waals surface area contributed by atoms with Gasteiger partial charge in [-0.2, -0.15) is 4.90 Å². The molecule has 2 rings (SSSR count). The molecule has 1 unspecified atom stereocenters. The summed E-state index contributed by atoms with van der Waals surface area (Å²) in [7, 11) is 0. The Morgan fingerprint density at radius 2 is 1.81 bits per heavy atom. The highest BCUT2D eigenvalue weighted by Gasteiger charge is 2.39. The Labute approximate surface area is 158 Å². The summed E-state index contributed by atoms with van der Waals surface area (Å²) in [6.45, 7) is 6.15. The minimum Gasteiger partial charge on any atom is -0.459 e. The molecule has 0 spiro atoms. The van der Waals surface area contributed by atoms with Crippen molar-refractivity contribution in [3.05, 3.63) is 47.7 Å². The van der Waals surface area contributed by atoms with Crippen LogP contribution in [0.3, 0.4) is 0 Å². The zero-order chi connectivity index (χ0) is 20.2. The molecule has 1 N–H and O–H groups in total. The quantitative estimate of drug-likeness (QED) is 0.812. The number of imide groups is 1. The molecule has 146 valence electrons. The Hall–Kier alpha value is -2.87. The van der Waals surface area contributed by atoms with Gasteiger partial charge in [0.1, 0.15) is 18.8 Å². The summed E-state index contributed by atoms with van der Waals surface area (Å²) < 4.78 is 10.3. The SMILES string of the molecule is CC1=CN(CC(=O)OCc2ccccc2)C(=O)N(C(=O)OC(C)(C)C)C1O. The number of hydrogen-bond acceptors (Lipinski definition) is 6. The second kappa shape index (κ2) is 8.22. The first-order chi connectivity index (χ1) is 12.6. The Bertz CT molecular complexity index is 738. The first-order valence-electron chi connectivity index (χ1n) is 8.47. The van der Waals surface area contributed by atoms with Crippen molar-refractivity contribution in [2.45, 2.75) is 46.1 Å². The summed E-state index contributed by atoms with van der Waals surface area (Å²) in [6.07, 6.45) is -1.13. The van der Waals surface area contributed by atoms with Crippen LogP contribution in [-0.2, 0) is 20.9 Å². The number of ether oxygens (including phenoxy) is 2. The zero-order valence-electron chi connectivity index (χ0n) is 15.8. The van der Waals surface area contributed by atoms with Crippen molar-refractivity contribution in [2.75, 3.05) is 6.54 Å². The largest absolute Gasteiger partial charge is 0.459 e. The number of benzene rings is 1. The third-order valence-electron chi connectivity index (χ3n) is 3.60. The van der Waals surface area contributed by atoms with Crippen molar-refractivity contribution in [1.82, 2.24) is 9.80 Å². The molecule has 3 amide bonds. The first-order valence-corrected chi connectivity index (χ1v) is 8.47. The van der Waals surface area contributed by atoms with Crippen LogP contribution in [0, 0.1) is 0 Å². The van der Waals surface area contributed by atoms with Gasteiger partial charge in [-0.3, -0.25) is 9.69 Å². The van der Waals surface area contributed by atoms with Gasteiger partial charge in [0, 0.05) is 6.20 Å². The number of carbonyl (C=O) groups is 3. The minimum absolute atomic E-state index is 0.0722. The van der Waals surface area contributed by atoms with Gasteiger partial charge in [-0.15, -0.1) is 0 Å². The van der Waals surface area contributed by atoms with E-state index in [0.29, 0.717) is 10.5 Å². The van der Waals surface area contributed by atoms with E-state index < -0.39 is 36.5 Å². The Kier molecular flexibility index (Phi) is 6.22. The van der Waals surface area contributed by atoms with Gasteiger partial charge in [-0.1, -0.05) is 30.3 Å². The molecule has 1 atom stereocenters. The van der Waals surface area contributed by atoms with Crippen molar-refractivity contribution in [2.24, 2.45) is 0 Å². The third kappa shape index (κ3) is 5.55. The van der Waals surface area contributed by atoms with Crippen molar-refractivity contribution < 1.29 is 29.0 Å². The van der Waals surface area contributed by atoms with Crippen LogP contribution in [0.2, 0.25) is 0 Å². The maximum absolute atomic E-state index is 12.6. The van der Waals surface area contributed by atoms with Gasteiger partial charge in [0.2, 0.25) is 0 Å². The molecule has 0 saturated heterocycles. The normalized spacial score (nSPS) is 17.4. The molecule has 1 aliphatic heterocycles. The first kappa shape index (κ1) is 20.4. The lowest BCUT2D eigenvalue weighted by Crippen LogP contribution is -2.55. The summed E-state index contributed by atoms with van der Waals surface area (Å²) in [5, 5.41) is 10.2. The van der Waals surface area contributed by atoms with Crippen LogP contribution < -0.4 is 0 Å². The fourth-order valence-corrected chi connectivity index (χ4v) is 2.34. The van der Waals surface area contributed by atoms with E-state index in [2.05, 4.69) is 0 Å². The van der Waals surface area contributed by atoms with Gasteiger partial charge in [0.05, 0.1) is 0 Å². The maximum atomic E-state index is 12.6. The molecule has 8 heteroatoms. The predicted octanol–water partition coefficient (Wildman–Crippen LogP) is 2.62. The lowest BCUT2D eigenvalue weighted by atomic mass is 10.2. The van der Waals surface area contributed by atoms with Crippen molar-refractivity contribution >= 4 is 18.1 Å². The van der Waals surface area contributed by atoms with Gasteiger partial charge in [0.15, 0.2) is 6.23 Å². The van der Waals surface area contributed by atoms with E-state index in [1.54, 1.807) is 20.8 Å². The van der Waals surface area contributed by atoms with E-state index in [1.807, 2.05) is 30.3 Å². The number of amides is 3. The Morgan fingerprint density at radius 3 is 2.41 bits per heavy atom. The van der Waals surface area contributed by atoms with E-state index in [-0.39, 0.29) is 6.61 Å². The second-order valence-electron chi connectivity index (χ2n) is 7.15. The van der Waals surface area contributed by atoms with E-state index in [0.717, 1.165) is 10.5 Å². The number of aliphatic hydroxyl groups is 1. The molecular formula is C19H24N2O6. The standard InChI is InChI=1S/C19H24N2O6/c1-13-10-20(11-15(22)26-12-14-8-6-5-7-9-14)17(24)21(16(13)23)18(25)27-19(2,3)4/h5-10,16,23H,11-12H2,1-4H3. The number of nitrogens with zero attached hydrogens (tertiary/aromatic N) is 2. The molecular weight excluding hydrogens is 352 g/mol. The number of hydrogen-bond donors (Lipinski definition) is 1. The molecule has 0 aliphatic carbocycles. The molecule has 1 heterocycles. The fourth-order valence-electron chi connectivity index (χ4n) is 2.34. The van der Waals surface area contributed by atoms with Crippen LogP contribution >= 0.6 is 0 Å². The highest BCUT2D eigenvalue weighted by Crippen LogP contribution is 2.21. The molecule has 0 radical (unpaired) electrons. The maximum Gasteiger partial charge on any atom is 0.420 e. The van der Waals surface area contributed by atoms with E-state index in [1.165, 1.54) is 13.1 Å². The second-order valence-corrected chi connectivity index (χ2v) is 7.15. The highest BCUT2D eigenvalue weighted by atomic mass is 16.6. The van der Waals surface area contributed by atoms with Crippen LogP contribution in [0.15, 0.2) is 42.1 Å². The van der Waals surface area contributed by atoms with Crippen LogP contribution in [0.1, 0.15) is 33.3 Å². The summed E-state index contributed by atoms with van der Waals surface area (Å²) in [5.74, 6) is -0.642. The zero-order valence-corrected chi connectivity index (χ0v) is 15.8. The van der Waals surface area contributed by atoms with Gasteiger partial charge >= 0.3 is 18.1 Å². The molecule has 0 saturated carbocycles. The van der Waals surface area contributed by atoms with Crippen molar-refractivity contribution in [3.63, 3.8) is 0 Å². The van der Waals surface area contributed by atoms with Crippen LogP contribution in [-0.4, -0.2) is 51.4 Å². The number of rotatable bonds is 4. The molecule has 27 heavy (non-hydrogen) atoms. The topological polar surface area (TPSA) is 96.4 Å². The molecule has 8 nitrogen and oxygen atoms in total. The Morgan fingerprint density at radius 1 is 1.19 bits per heavy atom. The van der Waals surface area contributed by atoms with Crippen LogP contribution in [0.5, 0.6) is 0 Å². The summed E-state index contributed by atoms with van der Waals surface area (Å²) in [5.41, 5.74) is 0.288. The average molecular weight is 376 g/mol. The van der Waals surface area contributed by atoms with Gasteiger partial charge in [0.25, 0.3) is 0 Å². The van der Waals surface area contributed by atoms with E-state index in [9.17, 15) is 19.5 Å². The van der Waals surface area contributed by atoms with E-state index in [4.69, 9.17) is 9.47 Å². The molecule has 1 aromatic rings. The lowest BCUT2D eigenvalue weighted by Gasteiger charge is -2.36. The monoisotopic (exact) mass is 376 g/mol. The molecule has 0 aromatic heterocycles. The van der Waals surface area contributed by atoms with E-state index >= 15 is 0 Å². The molecule has 0 fully saturated rings. The van der Waals surface area contributed by atoms with Crippen molar-refractivity contribution in [1.29, 1.82) is 0 Å². The summed E-state index contributed by atoms with van der Waals surface area (Å²) in [6, 6.07) is 8.25. The Balaban J connectivity index is 2.04. The average Bonchev–Trinajstić information content (AvgIpc) is 2.57. The smallest absolute Gasteiger partial charge is 0.420 e. The highest BCUT2D eigenvalue weighted by molar-refractivity contribution is 5.94. The molecule has 0 bridgehead atoms. The lowest BCUT2D eigenvalue weighted by molar-refractivity contribution is -0.145. The third-order valence-corrected chi connectivity index (χ3v) is 3.60. The predicted molar refractivity (Wildman–Crippen MR) is 96.2 cm³/mol. The van der Waals surface area contributed by atoms with Crippen LogP contribution in [0.25, 0.3) is 0 Å². The summed E-state index contributed by atoms with van der Waals surface area (Å²) in [4.78, 5) is 38.5. The van der Waals surface area contributed by atoms with Gasteiger partial charge in [-0.25, -0.2) is 9.59 Å². The molecule has 1 aliphatic rings. The number of carbonyl (C=O) groups excluding carboxylic acids is 3. The van der Waals surface area contributed by atoms with Crippen molar-refractivity contribution in [3.8, 4) is 0 Å². The number of urea groups is 1. The summed E-state index contributed by atoms with van der Waals surface area (Å²) >= 11 is 0. The minimum atomic E-state index is -1.45.